The normalized spacial score (nSPS) is 12.6. The molecule has 0 aliphatic rings. The van der Waals surface area contributed by atoms with Crippen LogP contribution in [-0.2, 0) is 14.3 Å². The number of unbranched alkanes of at least 4 members (excludes halogenated alkanes) is 7. The average Bonchev–Trinajstić information content (AvgIpc) is 2.62. The number of hydrogen-bond acceptors (Lipinski definition) is 3. The molecule has 0 bridgehead atoms. The number of hydrogen-bond donors (Lipinski definition) is 1. The van der Waals surface area contributed by atoms with Crippen molar-refractivity contribution in [3.63, 3.8) is 0 Å². The molecule has 0 heterocycles. The number of esters is 1. The van der Waals surface area contributed by atoms with E-state index in [9.17, 15) is 9.59 Å². The standard InChI is InChI=1S/C21H40O4Si/c1-4-7-10-11-12-13-14-21(25-20(24)16-15-19(22)23)26(17-8-5-2)18-9-6-3/h15-16,21,26H,4-14,17-18H2,1-3H3,(H,22,23)/b16-15-. The zero-order valence-electron chi connectivity index (χ0n) is 17.2. The number of aliphatic carboxylic acids is 1. The summed E-state index contributed by atoms with van der Waals surface area (Å²) in [6.07, 6.45) is 15.0. The second-order valence-electron chi connectivity index (χ2n) is 7.25. The highest BCUT2D eigenvalue weighted by Gasteiger charge is 2.25. The quantitative estimate of drug-likeness (QED) is 0.152. The highest BCUT2D eigenvalue weighted by molar-refractivity contribution is 6.60. The zero-order chi connectivity index (χ0) is 19.6. The van der Waals surface area contributed by atoms with Crippen LogP contribution in [0.4, 0.5) is 0 Å². The van der Waals surface area contributed by atoms with E-state index in [4.69, 9.17) is 9.84 Å². The van der Waals surface area contributed by atoms with Crippen molar-refractivity contribution in [2.45, 2.75) is 109 Å². The average molecular weight is 385 g/mol. The van der Waals surface area contributed by atoms with Crippen LogP contribution in [0.15, 0.2) is 12.2 Å². The first kappa shape index (κ1) is 24.9. The number of carboxylic acid groups (broad SMARTS) is 1. The monoisotopic (exact) mass is 384 g/mol. The van der Waals surface area contributed by atoms with Gasteiger partial charge in [-0.3, -0.25) is 0 Å². The number of rotatable bonds is 17. The third-order valence-electron chi connectivity index (χ3n) is 4.85. The van der Waals surface area contributed by atoms with E-state index in [1.807, 2.05) is 0 Å². The zero-order valence-corrected chi connectivity index (χ0v) is 18.3. The van der Waals surface area contributed by atoms with Crippen molar-refractivity contribution in [3.05, 3.63) is 12.2 Å². The first-order chi connectivity index (χ1) is 12.5. The van der Waals surface area contributed by atoms with Crippen LogP contribution in [0.3, 0.4) is 0 Å². The second-order valence-corrected chi connectivity index (χ2v) is 10.7. The molecule has 1 N–H and O–H groups in total. The van der Waals surface area contributed by atoms with Crippen LogP contribution in [0, 0.1) is 0 Å². The largest absolute Gasteiger partial charge is 0.478 e. The van der Waals surface area contributed by atoms with Crippen molar-refractivity contribution in [2.75, 3.05) is 0 Å². The smallest absolute Gasteiger partial charge is 0.330 e. The van der Waals surface area contributed by atoms with Gasteiger partial charge in [0.15, 0.2) is 0 Å². The van der Waals surface area contributed by atoms with Crippen LogP contribution < -0.4 is 0 Å². The summed E-state index contributed by atoms with van der Waals surface area (Å²) in [4.78, 5) is 22.7. The van der Waals surface area contributed by atoms with E-state index in [1.165, 1.54) is 69.9 Å². The molecule has 1 atom stereocenters. The van der Waals surface area contributed by atoms with Crippen molar-refractivity contribution in [1.82, 2.24) is 0 Å². The van der Waals surface area contributed by atoms with E-state index in [1.54, 1.807) is 0 Å². The molecule has 1 unspecified atom stereocenters. The van der Waals surface area contributed by atoms with Gasteiger partial charge in [-0.15, -0.1) is 0 Å². The Morgan fingerprint density at radius 3 is 1.92 bits per heavy atom. The third-order valence-corrected chi connectivity index (χ3v) is 8.68. The summed E-state index contributed by atoms with van der Waals surface area (Å²) in [5.41, 5.74) is 0.0465. The maximum absolute atomic E-state index is 12.0. The Morgan fingerprint density at radius 1 is 0.846 bits per heavy atom. The van der Waals surface area contributed by atoms with Crippen LogP contribution in [0.5, 0.6) is 0 Å². The van der Waals surface area contributed by atoms with Crippen molar-refractivity contribution in [3.8, 4) is 0 Å². The lowest BCUT2D eigenvalue weighted by Crippen LogP contribution is -2.35. The summed E-state index contributed by atoms with van der Waals surface area (Å²) in [7, 11) is -1.18. The molecule has 0 rings (SSSR count). The maximum atomic E-state index is 12.0. The highest BCUT2D eigenvalue weighted by atomic mass is 28.3. The van der Waals surface area contributed by atoms with Crippen molar-refractivity contribution >= 4 is 20.7 Å². The van der Waals surface area contributed by atoms with Crippen molar-refractivity contribution in [1.29, 1.82) is 0 Å². The Kier molecular flexibility index (Phi) is 16.6. The van der Waals surface area contributed by atoms with E-state index in [-0.39, 0.29) is 5.73 Å². The minimum Gasteiger partial charge on any atom is -0.478 e. The van der Waals surface area contributed by atoms with Gasteiger partial charge in [-0.05, 0) is 6.42 Å². The second kappa shape index (κ2) is 17.3. The van der Waals surface area contributed by atoms with Gasteiger partial charge in [0.2, 0.25) is 0 Å². The van der Waals surface area contributed by atoms with E-state index in [0.717, 1.165) is 25.0 Å². The fourth-order valence-corrected chi connectivity index (χ4v) is 7.22. The highest BCUT2D eigenvalue weighted by Crippen LogP contribution is 2.21. The molecule has 4 nitrogen and oxygen atoms in total. The predicted molar refractivity (Wildman–Crippen MR) is 111 cm³/mol. The molecule has 0 aromatic heterocycles. The fourth-order valence-electron chi connectivity index (χ4n) is 3.29. The van der Waals surface area contributed by atoms with Gasteiger partial charge in [-0.25, -0.2) is 9.59 Å². The summed E-state index contributed by atoms with van der Waals surface area (Å²) in [5, 5.41) is 8.70. The summed E-state index contributed by atoms with van der Waals surface area (Å²) >= 11 is 0. The number of carboxylic acids is 1. The minimum atomic E-state index is -1.18. The van der Waals surface area contributed by atoms with Gasteiger partial charge in [0, 0.05) is 12.2 Å². The summed E-state index contributed by atoms with van der Waals surface area (Å²) in [5.74, 6) is -1.60. The molecule has 0 spiro atoms. The molecule has 152 valence electrons. The molecule has 26 heavy (non-hydrogen) atoms. The van der Waals surface area contributed by atoms with Gasteiger partial charge in [0.25, 0.3) is 0 Å². The summed E-state index contributed by atoms with van der Waals surface area (Å²) in [6, 6.07) is 2.43. The SMILES string of the molecule is CCCCCCCCC(OC(=O)/C=C\C(=O)O)[SiH](CCCC)CCCC. The van der Waals surface area contributed by atoms with Crippen LogP contribution >= 0.6 is 0 Å². The summed E-state index contributed by atoms with van der Waals surface area (Å²) < 4.78 is 5.76. The lowest BCUT2D eigenvalue weighted by Gasteiger charge is -2.26. The number of carbonyl (C=O) groups is 2. The minimum absolute atomic E-state index is 0.0465. The molecule has 0 aliphatic heterocycles. The topological polar surface area (TPSA) is 63.6 Å². The molecule has 0 fully saturated rings. The van der Waals surface area contributed by atoms with E-state index >= 15 is 0 Å². The first-order valence-electron chi connectivity index (χ1n) is 10.7. The molecule has 0 saturated carbocycles. The molecular formula is C21H40O4Si. The van der Waals surface area contributed by atoms with Crippen molar-refractivity contribution < 1.29 is 19.4 Å². The number of carbonyl (C=O) groups excluding carboxylic acids is 1. The van der Waals surface area contributed by atoms with E-state index in [2.05, 4.69) is 20.8 Å². The molecule has 5 heteroatoms. The lowest BCUT2D eigenvalue weighted by molar-refractivity contribution is -0.140. The van der Waals surface area contributed by atoms with Gasteiger partial charge in [-0.1, -0.05) is 97.1 Å². The van der Waals surface area contributed by atoms with Crippen molar-refractivity contribution in [2.24, 2.45) is 0 Å². The van der Waals surface area contributed by atoms with Crippen LogP contribution in [0.2, 0.25) is 12.1 Å². The molecule has 0 aliphatic carbocycles. The summed E-state index contributed by atoms with van der Waals surface area (Å²) in [6.45, 7) is 6.63. The van der Waals surface area contributed by atoms with Gasteiger partial charge >= 0.3 is 11.9 Å². The fraction of sp³-hybridized carbons (Fsp3) is 0.810. The Hall–Kier alpha value is -1.10. The van der Waals surface area contributed by atoms with E-state index in [0.29, 0.717) is 0 Å². The number of ether oxygens (including phenoxy) is 1. The molecular weight excluding hydrogens is 344 g/mol. The molecule has 0 amide bonds. The Balaban J connectivity index is 4.73. The van der Waals surface area contributed by atoms with Crippen LogP contribution in [0.25, 0.3) is 0 Å². The third kappa shape index (κ3) is 14.1. The van der Waals surface area contributed by atoms with E-state index < -0.39 is 20.7 Å². The Morgan fingerprint density at radius 2 is 1.38 bits per heavy atom. The lowest BCUT2D eigenvalue weighted by atomic mass is 10.1. The van der Waals surface area contributed by atoms with Gasteiger partial charge in [0.1, 0.15) is 0 Å². The molecule has 0 aromatic rings. The van der Waals surface area contributed by atoms with Gasteiger partial charge in [0.05, 0.1) is 14.5 Å². The molecule has 0 aromatic carbocycles. The molecule has 0 radical (unpaired) electrons. The Bertz CT molecular complexity index is 387. The molecule has 0 saturated heterocycles. The van der Waals surface area contributed by atoms with Gasteiger partial charge in [-0.2, -0.15) is 0 Å². The predicted octanol–water partition coefficient (Wildman–Crippen LogP) is 5.66. The first-order valence-corrected chi connectivity index (χ1v) is 13.0. The Labute approximate surface area is 162 Å². The van der Waals surface area contributed by atoms with Gasteiger partial charge < -0.3 is 9.84 Å². The van der Waals surface area contributed by atoms with Crippen LogP contribution in [-0.4, -0.2) is 31.6 Å². The maximum Gasteiger partial charge on any atom is 0.330 e. The van der Waals surface area contributed by atoms with Crippen LogP contribution in [0.1, 0.15) is 91.4 Å².